The molecule has 0 bridgehead atoms. The minimum absolute atomic E-state index is 0.272. The lowest BCUT2D eigenvalue weighted by Crippen LogP contribution is -2.39. The lowest BCUT2D eigenvalue weighted by molar-refractivity contribution is 0.122. The fraction of sp³-hybridized carbons (Fsp3) is 0.600. The molecule has 2 atom stereocenters. The molecule has 0 saturated heterocycles. The molecule has 2 rings (SSSR count). The Hall–Kier alpha value is -1.06. The van der Waals surface area contributed by atoms with E-state index in [1.54, 1.807) is 7.11 Å². The first-order valence-electron chi connectivity index (χ1n) is 6.86. The minimum atomic E-state index is 0.272. The van der Waals surface area contributed by atoms with Crippen molar-refractivity contribution in [2.45, 2.75) is 32.4 Å². The van der Waals surface area contributed by atoms with E-state index >= 15 is 0 Å². The second-order valence-corrected chi connectivity index (χ2v) is 4.95. The molecule has 0 aliphatic carbocycles. The van der Waals surface area contributed by atoms with Crippen LogP contribution in [0, 0.1) is 0 Å². The molecule has 1 aromatic rings. The summed E-state index contributed by atoms with van der Waals surface area (Å²) < 4.78 is 5.38. The van der Waals surface area contributed by atoms with Gasteiger partial charge in [0.2, 0.25) is 0 Å². The van der Waals surface area contributed by atoms with Gasteiger partial charge in [-0.1, -0.05) is 25.1 Å². The number of nitrogens with one attached hydrogen (secondary N) is 1. The van der Waals surface area contributed by atoms with Gasteiger partial charge in [0.15, 0.2) is 0 Å². The molecule has 3 nitrogen and oxygen atoms in total. The van der Waals surface area contributed by atoms with Gasteiger partial charge >= 0.3 is 0 Å². The van der Waals surface area contributed by atoms with Gasteiger partial charge in [-0.15, -0.1) is 0 Å². The lowest BCUT2D eigenvalue weighted by atomic mass is 9.96. The third kappa shape index (κ3) is 2.85. The maximum absolute atomic E-state index is 5.38. The number of methoxy groups -OCH3 is 1. The molecule has 1 heterocycles. The summed E-state index contributed by atoms with van der Waals surface area (Å²) in [7, 11) is 1.78. The van der Waals surface area contributed by atoms with E-state index in [0.29, 0.717) is 6.04 Å². The van der Waals surface area contributed by atoms with Crippen molar-refractivity contribution in [1.82, 2.24) is 5.32 Å². The number of para-hydroxylation sites is 1. The topological polar surface area (TPSA) is 24.5 Å². The third-order valence-electron chi connectivity index (χ3n) is 3.67. The Balaban J connectivity index is 2.19. The maximum atomic E-state index is 5.38. The quantitative estimate of drug-likeness (QED) is 0.867. The maximum Gasteiger partial charge on any atom is 0.0718 e. The molecule has 0 aromatic heterocycles. The van der Waals surface area contributed by atoms with Crippen LogP contribution in [0.4, 0.5) is 5.69 Å². The molecule has 1 aliphatic heterocycles. The number of benzene rings is 1. The molecule has 1 aliphatic rings. The molecule has 18 heavy (non-hydrogen) atoms. The molecule has 0 saturated carbocycles. The molecule has 0 amide bonds. The van der Waals surface area contributed by atoms with E-state index in [4.69, 9.17) is 4.74 Å². The zero-order chi connectivity index (χ0) is 13.0. The summed E-state index contributed by atoms with van der Waals surface area (Å²) in [5, 5.41) is 3.57. The van der Waals surface area contributed by atoms with Gasteiger partial charge in [0.1, 0.15) is 0 Å². The van der Waals surface area contributed by atoms with Crippen LogP contribution in [0.2, 0.25) is 0 Å². The van der Waals surface area contributed by atoms with Gasteiger partial charge in [0.05, 0.1) is 6.10 Å². The highest BCUT2D eigenvalue weighted by Gasteiger charge is 2.24. The summed E-state index contributed by atoms with van der Waals surface area (Å²) in [6.45, 7) is 7.38. The van der Waals surface area contributed by atoms with E-state index in [9.17, 15) is 0 Å². The Morgan fingerprint density at radius 3 is 2.94 bits per heavy atom. The highest BCUT2D eigenvalue weighted by atomic mass is 16.5. The molecule has 2 unspecified atom stereocenters. The smallest absolute Gasteiger partial charge is 0.0718 e. The van der Waals surface area contributed by atoms with Crippen molar-refractivity contribution in [2.75, 3.05) is 31.6 Å². The number of fused-ring (bicyclic) bond motifs is 1. The zero-order valence-electron chi connectivity index (χ0n) is 11.6. The number of hydrogen-bond donors (Lipinski definition) is 1. The second-order valence-electron chi connectivity index (χ2n) is 4.95. The summed E-state index contributed by atoms with van der Waals surface area (Å²) in [6, 6.07) is 9.22. The largest absolute Gasteiger partial charge is 0.380 e. The van der Waals surface area contributed by atoms with Gasteiger partial charge in [0.25, 0.3) is 0 Å². The van der Waals surface area contributed by atoms with Crippen LogP contribution in [0.1, 0.15) is 31.9 Å². The first kappa shape index (κ1) is 13.4. The van der Waals surface area contributed by atoms with Crippen LogP contribution in [-0.4, -0.2) is 32.8 Å². The number of nitrogens with zero attached hydrogens (tertiary/aromatic N) is 1. The van der Waals surface area contributed by atoms with Crippen molar-refractivity contribution in [3.05, 3.63) is 29.8 Å². The van der Waals surface area contributed by atoms with Gasteiger partial charge in [-0.25, -0.2) is 0 Å². The van der Waals surface area contributed by atoms with E-state index in [1.807, 2.05) is 0 Å². The monoisotopic (exact) mass is 248 g/mol. The zero-order valence-corrected chi connectivity index (χ0v) is 11.6. The highest BCUT2D eigenvalue weighted by Crippen LogP contribution is 2.33. The normalized spacial score (nSPS) is 20.6. The van der Waals surface area contributed by atoms with Crippen LogP contribution in [-0.2, 0) is 4.74 Å². The summed E-state index contributed by atoms with van der Waals surface area (Å²) in [5.41, 5.74) is 2.78. The predicted molar refractivity (Wildman–Crippen MR) is 76.2 cm³/mol. The molecule has 3 heteroatoms. The Bertz CT molecular complexity index is 381. The van der Waals surface area contributed by atoms with Gasteiger partial charge < -0.3 is 15.0 Å². The molecule has 0 spiro atoms. The van der Waals surface area contributed by atoms with Crippen LogP contribution in [0.5, 0.6) is 0 Å². The van der Waals surface area contributed by atoms with Crippen molar-refractivity contribution in [3.63, 3.8) is 0 Å². The van der Waals surface area contributed by atoms with Crippen LogP contribution in [0.3, 0.4) is 0 Å². The van der Waals surface area contributed by atoms with Crippen LogP contribution < -0.4 is 10.2 Å². The van der Waals surface area contributed by atoms with Crippen molar-refractivity contribution >= 4 is 5.69 Å². The first-order chi connectivity index (χ1) is 8.76. The summed E-state index contributed by atoms with van der Waals surface area (Å²) >= 11 is 0. The Morgan fingerprint density at radius 2 is 2.22 bits per heavy atom. The predicted octanol–water partition coefficient (Wildman–Crippen LogP) is 2.58. The lowest BCUT2D eigenvalue weighted by Gasteiger charge is -2.37. The van der Waals surface area contributed by atoms with Crippen LogP contribution >= 0.6 is 0 Å². The highest BCUT2D eigenvalue weighted by molar-refractivity contribution is 5.57. The van der Waals surface area contributed by atoms with Crippen molar-refractivity contribution in [1.29, 1.82) is 0 Å². The summed E-state index contributed by atoms with van der Waals surface area (Å²) in [5.74, 6) is 0. The second kappa shape index (κ2) is 6.21. The van der Waals surface area contributed by atoms with Crippen molar-refractivity contribution < 1.29 is 4.74 Å². The van der Waals surface area contributed by atoms with Gasteiger partial charge in [-0.3, -0.25) is 0 Å². The number of rotatable bonds is 5. The fourth-order valence-corrected chi connectivity index (χ4v) is 2.66. The average molecular weight is 248 g/mol. The number of anilines is 1. The Kier molecular flexibility index (Phi) is 4.61. The average Bonchev–Trinajstić information content (AvgIpc) is 2.41. The standard InChI is InChI=1S/C15H24N2O/c1-4-16-14-9-10-17(11-12(2)18-3)15-8-6-5-7-13(14)15/h5-8,12,14,16H,4,9-11H2,1-3H3. The van der Waals surface area contributed by atoms with E-state index in [0.717, 1.165) is 19.6 Å². The molecular formula is C15H24N2O. The van der Waals surface area contributed by atoms with Gasteiger partial charge in [-0.2, -0.15) is 0 Å². The summed E-state index contributed by atoms with van der Waals surface area (Å²) in [6.07, 6.45) is 1.44. The fourth-order valence-electron chi connectivity index (χ4n) is 2.66. The molecule has 0 fully saturated rings. The van der Waals surface area contributed by atoms with Crippen molar-refractivity contribution in [3.8, 4) is 0 Å². The third-order valence-corrected chi connectivity index (χ3v) is 3.67. The van der Waals surface area contributed by atoms with E-state index in [2.05, 4.69) is 48.3 Å². The summed E-state index contributed by atoms with van der Waals surface area (Å²) in [4.78, 5) is 2.44. The number of ether oxygens (including phenoxy) is 1. The SMILES string of the molecule is CCNC1CCN(CC(C)OC)c2ccccc21. The van der Waals surface area contributed by atoms with E-state index < -0.39 is 0 Å². The van der Waals surface area contributed by atoms with E-state index in [1.165, 1.54) is 17.7 Å². The molecule has 1 aromatic carbocycles. The first-order valence-corrected chi connectivity index (χ1v) is 6.86. The number of hydrogen-bond acceptors (Lipinski definition) is 3. The Morgan fingerprint density at radius 1 is 1.44 bits per heavy atom. The van der Waals surface area contributed by atoms with Gasteiger partial charge in [0, 0.05) is 31.9 Å². The molecule has 0 radical (unpaired) electrons. The van der Waals surface area contributed by atoms with Crippen molar-refractivity contribution in [2.24, 2.45) is 0 Å². The molecule has 1 N–H and O–H groups in total. The minimum Gasteiger partial charge on any atom is -0.380 e. The van der Waals surface area contributed by atoms with E-state index in [-0.39, 0.29) is 6.10 Å². The van der Waals surface area contributed by atoms with Crippen LogP contribution in [0.25, 0.3) is 0 Å². The molecular weight excluding hydrogens is 224 g/mol. The molecule has 100 valence electrons. The Labute approximate surface area is 110 Å². The van der Waals surface area contributed by atoms with Crippen LogP contribution in [0.15, 0.2) is 24.3 Å². The van der Waals surface area contributed by atoms with Gasteiger partial charge in [-0.05, 0) is 31.5 Å².